The van der Waals surface area contributed by atoms with E-state index in [9.17, 15) is 4.79 Å². The summed E-state index contributed by atoms with van der Waals surface area (Å²) in [7, 11) is 0. The van der Waals surface area contributed by atoms with Gasteiger partial charge in [0.15, 0.2) is 0 Å². The zero-order chi connectivity index (χ0) is 12.1. The average molecular weight is 256 g/mol. The molecule has 2 saturated carbocycles. The summed E-state index contributed by atoms with van der Waals surface area (Å²) in [5.41, 5.74) is 5.42. The Morgan fingerprint density at radius 2 is 1.94 bits per heavy atom. The summed E-state index contributed by atoms with van der Waals surface area (Å²) in [6.45, 7) is 0. The fraction of sp³-hybridized carbons (Fsp3) is 0.923. The van der Waals surface area contributed by atoms with Gasteiger partial charge in [-0.05, 0) is 37.9 Å². The number of nitrogens with two attached hydrogens (primary N) is 1. The van der Waals surface area contributed by atoms with Crippen LogP contribution in [0.2, 0.25) is 0 Å². The first-order valence-corrected chi connectivity index (χ1v) is 7.97. The fourth-order valence-corrected chi connectivity index (χ4v) is 3.80. The average Bonchev–Trinajstić information content (AvgIpc) is 3.13. The Hall–Kier alpha value is -0.220. The summed E-state index contributed by atoms with van der Waals surface area (Å²) >= 11 is 2.04. The van der Waals surface area contributed by atoms with E-state index in [4.69, 9.17) is 5.73 Å². The molecule has 0 heterocycles. The maximum Gasteiger partial charge on any atom is 0.234 e. The van der Waals surface area contributed by atoms with Crippen molar-refractivity contribution in [3.05, 3.63) is 0 Å². The predicted molar refractivity (Wildman–Crippen MR) is 73.1 cm³/mol. The van der Waals surface area contributed by atoms with Gasteiger partial charge in [0.1, 0.15) is 0 Å². The van der Waals surface area contributed by atoms with Crippen LogP contribution in [-0.4, -0.2) is 29.0 Å². The number of thioether (sulfide) groups is 1. The number of rotatable bonds is 7. The summed E-state index contributed by atoms with van der Waals surface area (Å²) in [6.07, 6.45) is 10.2. The zero-order valence-electron chi connectivity index (χ0n) is 10.5. The zero-order valence-corrected chi connectivity index (χ0v) is 11.3. The number of amides is 1. The van der Waals surface area contributed by atoms with Crippen LogP contribution in [0.3, 0.4) is 0 Å². The van der Waals surface area contributed by atoms with Gasteiger partial charge in [0.25, 0.3) is 0 Å². The molecule has 0 aromatic heterocycles. The van der Waals surface area contributed by atoms with E-state index < -0.39 is 0 Å². The summed E-state index contributed by atoms with van der Waals surface area (Å²) in [5, 5.41) is 4.17. The maximum atomic E-state index is 11.3. The molecule has 17 heavy (non-hydrogen) atoms. The molecule has 2 rings (SSSR count). The minimum Gasteiger partial charge on any atom is -0.368 e. The normalized spacial score (nSPS) is 23.5. The Kier molecular flexibility index (Phi) is 5.16. The number of carbonyl (C=O) groups is 1. The largest absolute Gasteiger partial charge is 0.368 e. The second-order valence-electron chi connectivity index (χ2n) is 5.32. The van der Waals surface area contributed by atoms with E-state index in [1.165, 1.54) is 44.9 Å². The van der Waals surface area contributed by atoms with Crippen LogP contribution in [0.4, 0.5) is 0 Å². The number of primary amides is 1. The van der Waals surface area contributed by atoms with E-state index in [0.717, 1.165) is 17.4 Å². The second-order valence-corrected chi connectivity index (χ2v) is 6.72. The number of hydrogen-bond donors (Lipinski definition) is 2. The van der Waals surface area contributed by atoms with Gasteiger partial charge in [-0.1, -0.05) is 19.3 Å². The van der Waals surface area contributed by atoms with Gasteiger partial charge < -0.3 is 11.1 Å². The molecule has 0 spiro atoms. The van der Waals surface area contributed by atoms with Crippen LogP contribution in [0.1, 0.15) is 51.4 Å². The van der Waals surface area contributed by atoms with Gasteiger partial charge in [0.2, 0.25) is 5.91 Å². The number of nitrogens with one attached hydrogen (secondary N) is 1. The highest BCUT2D eigenvalue weighted by Crippen LogP contribution is 2.29. The maximum absolute atomic E-state index is 11.3. The number of carbonyl (C=O) groups excluding carboxylic acids is 1. The Labute approximate surface area is 108 Å². The van der Waals surface area contributed by atoms with Crippen molar-refractivity contribution in [2.24, 2.45) is 5.73 Å². The molecule has 0 bridgehead atoms. The second kappa shape index (κ2) is 6.64. The van der Waals surface area contributed by atoms with E-state index in [0.29, 0.717) is 6.04 Å². The van der Waals surface area contributed by atoms with Crippen molar-refractivity contribution in [2.75, 3.05) is 5.75 Å². The first kappa shape index (κ1) is 13.2. The van der Waals surface area contributed by atoms with Crippen LogP contribution in [-0.2, 0) is 4.79 Å². The third-order valence-electron chi connectivity index (χ3n) is 3.67. The molecule has 0 radical (unpaired) electrons. The van der Waals surface area contributed by atoms with E-state index in [1.807, 2.05) is 11.8 Å². The highest BCUT2D eigenvalue weighted by molar-refractivity contribution is 7.99. The first-order valence-electron chi connectivity index (χ1n) is 6.92. The minimum absolute atomic E-state index is 0.0985. The highest BCUT2D eigenvalue weighted by atomic mass is 32.2. The Morgan fingerprint density at radius 1 is 1.24 bits per heavy atom. The fourth-order valence-electron chi connectivity index (χ4n) is 2.43. The minimum atomic E-state index is -0.179. The smallest absolute Gasteiger partial charge is 0.234 e. The Bertz CT molecular complexity index is 250. The van der Waals surface area contributed by atoms with Gasteiger partial charge in [-0.2, -0.15) is 11.8 Å². The van der Waals surface area contributed by atoms with Crippen molar-refractivity contribution in [1.29, 1.82) is 0 Å². The molecular formula is C13H24N2OS. The van der Waals surface area contributed by atoms with Crippen LogP contribution < -0.4 is 11.1 Å². The molecule has 1 atom stereocenters. The molecule has 3 nitrogen and oxygen atoms in total. The van der Waals surface area contributed by atoms with Crippen LogP contribution in [0, 0.1) is 0 Å². The molecule has 98 valence electrons. The van der Waals surface area contributed by atoms with Crippen molar-refractivity contribution in [3.8, 4) is 0 Å². The van der Waals surface area contributed by atoms with Crippen molar-refractivity contribution in [1.82, 2.24) is 5.32 Å². The van der Waals surface area contributed by atoms with Crippen LogP contribution in [0.5, 0.6) is 0 Å². The standard InChI is InChI=1S/C13H24N2OS/c14-13(16)12(15-10-6-7-10)8-9-17-11-4-2-1-3-5-11/h10-12,15H,1-9H2,(H2,14,16). The van der Waals surface area contributed by atoms with E-state index >= 15 is 0 Å². The summed E-state index contributed by atoms with van der Waals surface area (Å²) in [5.74, 6) is 0.888. The molecule has 3 N–H and O–H groups in total. The van der Waals surface area contributed by atoms with Gasteiger partial charge in [0, 0.05) is 11.3 Å². The van der Waals surface area contributed by atoms with Crippen molar-refractivity contribution in [3.63, 3.8) is 0 Å². The summed E-state index contributed by atoms with van der Waals surface area (Å²) in [6, 6.07) is 0.464. The Balaban J connectivity index is 1.62. The van der Waals surface area contributed by atoms with Gasteiger partial charge >= 0.3 is 0 Å². The van der Waals surface area contributed by atoms with Crippen LogP contribution in [0.25, 0.3) is 0 Å². The van der Waals surface area contributed by atoms with Gasteiger partial charge in [-0.15, -0.1) is 0 Å². The Morgan fingerprint density at radius 3 is 2.53 bits per heavy atom. The molecular weight excluding hydrogens is 232 g/mol. The molecule has 1 unspecified atom stereocenters. The summed E-state index contributed by atoms with van der Waals surface area (Å²) < 4.78 is 0. The van der Waals surface area contributed by atoms with Gasteiger partial charge in [0.05, 0.1) is 6.04 Å². The van der Waals surface area contributed by atoms with E-state index in [2.05, 4.69) is 5.32 Å². The molecule has 0 saturated heterocycles. The molecule has 0 aromatic rings. The molecule has 2 aliphatic rings. The van der Waals surface area contributed by atoms with Crippen LogP contribution >= 0.6 is 11.8 Å². The SMILES string of the molecule is NC(=O)C(CCSC1CCCCC1)NC1CC1. The van der Waals surface area contributed by atoms with Crippen molar-refractivity contribution < 1.29 is 4.79 Å². The first-order chi connectivity index (χ1) is 8.25. The number of hydrogen-bond acceptors (Lipinski definition) is 3. The van der Waals surface area contributed by atoms with Gasteiger partial charge in [-0.25, -0.2) is 0 Å². The van der Waals surface area contributed by atoms with Gasteiger partial charge in [-0.3, -0.25) is 4.79 Å². The summed E-state index contributed by atoms with van der Waals surface area (Å²) in [4.78, 5) is 11.3. The van der Waals surface area contributed by atoms with E-state index in [-0.39, 0.29) is 11.9 Å². The lowest BCUT2D eigenvalue weighted by atomic mass is 10.0. The van der Waals surface area contributed by atoms with Crippen molar-refractivity contribution >= 4 is 17.7 Å². The molecule has 0 aliphatic heterocycles. The monoisotopic (exact) mass is 256 g/mol. The topological polar surface area (TPSA) is 55.1 Å². The molecule has 2 fully saturated rings. The lowest BCUT2D eigenvalue weighted by Gasteiger charge is -2.22. The molecule has 2 aliphatic carbocycles. The lowest BCUT2D eigenvalue weighted by molar-refractivity contribution is -0.120. The molecule has 1 amide bonds. The molecule has 0 aromatic carbocycles. The predicted octanol–water partition coefficient (Wildman–Crippen LogP) is 2.05. The van der Waals surface area contributed by atoms with E-state index in [1.54, 1.807) is 0 Å². The quantitative estimate of drug-likeness (QED) is 0.733. The third-order valence-corrected chi connectivity index (χ3v) is 5.08. The third kappa shape index (κ3) is 4.88. The van der Waals surface area contributed by atoms with Crippen molar-refractivity contribution in [2.45, 2.75) is 68.7 Å². The lowest BCUT2D eigenvalue weighted by Crippen LogP contribution is -2.42. The van der Waals surface area contributed by atoms with Crippen LogP contribution in [0.15, 0.2) is 0 Å². The highest BCUT2D eigenvalue weighted by Gasteiger charge is 2.27. The molecule has 4 heteroatoms.